The molecule has 0 fully saturated rings. The van der Waals surface area contributed by atoms with Gasteiger partial charge in [0.2, 0.25) is 5.91 Å². The minimum Gasteiger partial charge on any atom is -0.324 e. The number of carbonyl (C=O) groups is 1. The van der Waals surface area contributed by atoms with E-state index in [1.807, 2.05) is 0 Å². The number of anilines is 1. The lowest BCUT2D eigenvalue weighted by molar-refractivity contribution is -0.113. The van der Waals surface area contributed by atoms with Crippen molar-refractivity contribution in [3.63, 3.8) is 0 Å². The fraction of sp³-hybridized carbons (Fsp3) is 0.0714. The third-order valence-corrected chi connectivity index (χ3v) is 5.42. The molecule has 8 heteroatoms. The van der Waals surface area contributed by atoms with Crippen molar-refractivity contribution in [2.24, 2.45) is 0 Å². The molecule has 1 amide bonds. The van der Waals surface area contributed by atoms with Crippen molar-refractivity contribution < 1.29 is 13.2 Å². The van der Waals surface area contributed by atoms with Crippen molar-refractivity contribution in [2.75, 3.05) is 11.1 Å². The highest BCUT2D eigenvalue weighted by Crippen LogP contribution is 2.29. The van der Waals surface area contributed by atoms with Crippen molar-refractivity contribution in [3.8, 4) is 0 Å². The number of benzene rings is 2. The molecule has 0 bridgehead atoms. The predicted molar refractivity (Wildman–Crippen MR) is 88.6 cm³/mol. The molecule has 0 saturated carbocycles. The number of hydrogen-bond acceptors (Lipinski definition) is 3. The number of carbonyl (C=O) groups excluding carboxylic acids is 1. The normalized spacial score (nSPS) is 11.2. The molecule has 0 atom stereocenters. The van der Waals surface area contributed by atoms with Crippen molar-refractivity contribution in [3.05, 3.63) is 57.5 Å². The molecule has 116 valence electrons. The van der Waals surface area contributed by atoms with Crippen LogP contribution < -0.4 is 5.32 Å². The summed E-state index contributed by atoms with van der Waals surface area (Å²) in [5.74, 6) is -1.42. The van der Waals surface area contributed by atoms with Crippen LogP contribution in [0.4, 0.5) is 5.69 Å². The third-order valence-electron chi connectivity index (χ3n) is 2.72. The van der Waals surface area contributed by atoms with Gasteiger partial charge >= 0.3 is 0 Å². The Kier molecular flexibility index (Phi) is 5.34. The summed E-state index contributed by atoms with van der Waals surface area (Å²) >= 11 is 17.5. The van der Waals surface area contributed by atoms with E-state index in [2.05, 4.69) is 5.32 Å². The lowest BCUT2D eigenvalue weighted by Crippen LogP contribution is -2.23. The second kappa shape index (κ2) is 6.87. The molecule has 2 aromatic carbocycles. The van der Waals surface area contributed by atoms with E-state index < -0.39 is 21.5 Å². The Morgan fingerprint density at radius 1 is 1.00 bits per heavy atom. The average Bonchev–Trinajstić information content (AvgIpc) is 2.44. The number of rotatable bonds is 4. The average molecular weight is 379 g/mol. The molecular weight excluding hydrogens is 369 g/mol. The Balaban J connectivity index is 2.14. The van der Waals surface area contributed by atoms with Gasteiger partial charge in [0.25, 0.3) is 0 Å². The van der Waals surface area contributed by atoms with Crippen LogP contribution in [0.3, 0.4) is 0 Å². The number of hydrogen-bond donors (Lipinski definition) is 1. The van der Waals surface area contributed by atoms with E-state index in [4.69, 9.17) is 34.8 Å². The zero-order valence-electron chi connectivity index (χ0n) is 11.0. The van der Waals surface area contributed by atoms with Crippen LogP contribution in [0.1, 0.15) is 0 Å². The molecule has 0 spiro atoms. The Morgan fingerprint density at radius 2 is 1.64 bits per heavy atom. The first-order valence-electron chi connectivity index (χ1n) is 6.02. The first-order chi connectivity index (χ1) is 10.3. The summed E-state index contributed by atoms with van der Waals surface area (Å²) in [5.41, 5.74) is 0.255. The molecule has 0 aliphatic rings. The van der Waals surface area contributed by atoms with Crippen molar-refractivity contribution in [2.45, 2.75) is 4.90 Å². The van der Waals surface area contributed by atoms with Crippen LogP contribution in [0, 0.1) is 0 Å². The Morgan fingerprint density at radius 3 is 2.27 bits per heavy atom. The van der Waals surface area contributed by atoms with E-state index in [-0.39, 0.29) is 20.6 Å². The fourth-order valence-electron chi connectivity index (χ4n) is 1.68. The van der Waals surface area contributed by atoms with E-state index in [1.54, 1.807) is 12.1 Å². The Labute approximate surface area is 142 Å². The number of sulfone groups is 1. The molecule has 0 unspecified atom stereocenters. The standard InChI is InChI=1S/C14H10Cl3NO3S/c15-9-4-6-10(7-5-9)22(20,21)8-13(19)18-12-3-1-2-11(16)14(12)17/h1-7H,8H2,(H,18,19). The molecule has 0 aliphatic carbocycles. The molecule has 1 N–H and O–H groups in total. The molecule has 2 rings (SSSR count). The van der Waals surface area contributed by atoms with Crippen molar-refractivity contribution in [1.82, 2.24) is 0 Å². The SMILES string of the molecule is O=C(CS(=O)(=O)c1ccc(Cl)cc1)Nc1cccc(Cl)c1Cl. The lowest BCUT2D eigenvalue weighted by Gasteiger charge is -2.09. The largest absolute Gasteiger partial charge is 0.324 e. The molecule has 0 radical (unpaired) electrons. The van der Waals surface area contributed by atoms with Gasteiger partial charge in [0, 0.05) is 5.02 Å². The van der Waals surface area contributed by atoms with Crippen molar-refractivity contribution in [1.29, 1.82) is 0 Å². The van der Waals surface area contributed by atoms with Gasteiger partial charge in [0.1, 0.15) is 5.75 Å². The van der Waals surface area contributed by atoms with Gasteiger partial charge in [-0.1, -0.05) is 40.9 Å². The fourth-order valence-corrected chi connectivity index (χ4v) is 3.29. The zero-order chi connectivity index (χ0) is 16.3. The first-order valence-corrected chi connectivity index (χ1v) is 8.80. The molecule has 0 heterocycles. The van der Waals surface area contributed by atoms with E-state index >= 15 is 0 Å². The Hall–Kier alpha value is -1.27. The van der Waals surface area contributed by atoms with Gasteiger partial charge in [0.15, 0.2) is 9.84 Å². The second-order valence-corrected chi connectivity index (χ2v) is 7.57. The maximum atomic E-state index is 12.1. The molecule has 2 aromatic rings. The second-order valence-electron chi connectivity index (χ2n) is 4.36. The van der Waals surface area contributed by atoms with E-state index in [1.165, 1.54) is 30.3 Å². The predicted octanol–water partition coefficient (Wildman–Crippen LogP) is 4.06. The minimum absolute atomic E-state index is 0.0178. The number of nitrogens with one attached hydrogen (secondary N) is 1. The van der Waals surface area contributed by atoms with E-state index in [0.717, 1.165) is 0 Å². The number of halogens is 3. The summed E-state index contributed by atoms with van der Waals surface area (Å²) in [7, 11) is -3.77. The van der Waals surface area contributed by atoms with Crippen LogP contribution in [0.2, 0.25) is 15.1 Å². The molecule has 4 nitrogen and oxygen atoms in total. The van der Waals surface area contributed by atoms with Gasteiger partial charge < -0.3 is 5.32 Å². The summed E-state index contributed by atoms with van der Waals surface area (Å²) in [4.78, 5) is 11.9. The zero-order valence-corrected chi connectivity index (χ0v) is 14.1. The quantitative estimate of drug-likeness (QED) is 0.872. The summed E-state index contributed by atoms with van der Waals surface area (Å²) in [6.45, 7) is 0. The van der Waals surface area contributed by atoms with Crippen LogP contribution in [-0.4, -0.2) is 20.1 Å². The van der Waals surface area contributed by atoms with Gasteiger partial charge in [-0.3, -0.25) is 4.79 Å². The monoisotopic (exact) mass is 377 g/mol. The van der Waals surface area contributed by atoms with Crippen LogP contribution in [0.25, 0.3) is 0 Å². The highest BCUT2D eigenvalue weighted by Gasteiger charge is 2.20. The summed E-state index contributed by atoms with van der Waals surface area (Å²) in [5, 5.41) is 3.26. The molecule has 22 heavy (non-hydrogen) atoms. The van der Waals surface area contributed by atoms with Gasteiger partial charge in [-0.25, -0.2) is 8.42 Å². The minimum atomic E-state index is -3.77. The van der Waals surface area contributed by atoms with Crippen molar-refractivity contribution >= 4 is 56.2 Å². The maximum absolute atomic E-state index is 12.1. The summed E-state index contributed by atoms with van der Waals surface area (Å²) in [6.07, 6.45) is 0. The highest BCUT2D eigenvalue weighted by atomic mass is 35.5. The third kappa shape index (κ3) is 4.14. The van der Waals surface area contributed by atoms with Crippen LogP contribution in [0.15, 0.2) is 47.4 Å². The molecular formula is C14H10Cl3NO3S. The van der Waals surface area contributed by atoms with Gasteiger partial charge in [-0.15, -0.1) is 0 Å². The first kappa shape index (κ1) is 17.1. The molecule has 0 aliphatic heterocycles. The van der Waals surface area contributed by atoms with Crippen LogP contribution in [-0.2, 0) is 14.6 Å². The van der Waals surface area contributed by atoms with Crippen LogP contribution in [0.5, 0.6) is 0 Å². The van der Waals surface area contributed by atoms with E-state index in [0.29, 0.717) is 5.02 Å². The lowest BCUT2D eigenvalue weighted by atomic mass is 10.3. The Bertz CT molecular complexity index is 805. The summed E-state index contributed by atoms with van der Waals surface area (Å²) in [6, 6.07) is 10.3. The van der Waals surface area contributed by atoms with Gasteiger partial charge in [0.05, 0.1) is 20.6 Å². The molecule has 0 aromatic heterocycles. The van der Waals surface area contributed by atoms with E-state index in [9.17, 15) is 13.2 Å². The topological polar surface area (TPSA) is 63.2 Å². The van der Waals surface area contributed by atoms with Gasteiger partial charge in [-0.05, 0) is 36.4 Å². The summed E-state index contributed by atoms with van der Waals surface area (Å²) < 4.78 is 24.3. The van der Waals surface area contributed by atoms with Gasteiger partial charge in [-0.2, -0.15) is 0 Å². The maximum Gasteiger partial charge on any atom is 0.240 e. The number of amides is 1. The smallest absolute Gasteiger partial charge is 0.240 e. The highest BCUT2D eigenvalue weighted by molar-refractivity contribution is 7.92. The molecule has 0 saturated heterocycles. The van der Waals surface area contributed by atoms with Crippen LogP contribution >= 0.6 is 34.8 Å².